The van der Waals surface area contributed by atoms with Crippen LogP contribution in [-0.2, 0) is 11.3 Å². The zero-order chi connectivity index (χ0) is 14.5. The second kappa shape index (κ2) is 6.42. The third kappa shape index (κ3) is 6.10. The molecule has 0 aliphatic rings. The number of hydrogen-bond acceptors (Lipinski definition) is 3. The molecule has 19 heavy (non-hydrogen) atoms. The molecular formula is C12H15F3N2O2. The molecule has 1 atom stereocenters. The van der Waals surface area contributed by atoms with Gasteiger partial charge in [-0.2, -0.15) is 13.2 Å². The van der Waals surface area contributed by atoms with Gasteiger partial charge in [0.2, 0.25) is 5.91 Å². The molecule has 4 nitrogen and oxygen atoms in total. The molecule has 1 amide bonds. The molecule has 1 aromatic rings. The second-order valence-corrected chi connectivity index (χ2v) is 4.10. The summed E-state index contributed by atoms with van der Waals surface area (Å²) in [7, 11) is 0. The van der Waals surface area contributed by atoms with Gasteiger partial charge in [-0.3, -0.25) is 4.79 Å². The van der Waals surface area contributed by atoms with E-state index in [0.717, 1.165) is 5.56 Å². The maximum Gasteiger partial charge on any atom is 0.405 e. The van der Waals surface area contributed by atoms with Crippen LogP contribution in [0.5, 0.6) is 5.75 Å². The smallest absolute Gasteiger partial charge is 0.405 e. The Kier molecular flexibility index (Phi) is 5.17. The first-order chi connectivity index (χ1) is 8.78. The molecule has 7 heteroatoms. The molecule has 0 saturated carbocycles. The molecule has 0 aliphatic heterocycles. The molecule has 0 radical (unpaired) electrons. The van der Waals surface area contributed by atoms with Gasteiger partial charge < -0.3 is 15.7 Å². The summed E-state index contributed by atoms with van der Waals surface area (Å²) in [6, 6.07) is 5.55. The highest BCUT2D eigenvalue weighted by Gasteiger charge is 2.28. The number of phenolic OH excluding ortho intramolecular Hbond substituents is 1. The van der Waals surface area contributed by atoms with E-state index in [2.05, 4.69) is 5.32 Å². The van der Waals surface area contributed by atoms with E-state index in [1.54, 1.807) is 17.4 Å². The Morgan fingerprint density at radius 2 is 1.89 bits per heavy atom. The summed E-state index contributed by atoms with van der Waals surface area (Å²) in [6.07, 6.45) is -4.41. The molecule has 0 bridgehead atoms. The Hall–Kier alpha value is -1.76. The lowest BCUT2D eigenvalue weighted by Crippen LogP contribution is -2.44. The monoisotopic (exact) mass is 276 g/mol. The lowest BCUT2D eigenvalue weighted by atomic mass is 10.2. The van der Waals surface area contributed by atoms with E-state index >= 15 is 0 Å². The maximum atomic E-state index is 11.9. The van der Waals surface area contributed by atoms with Crippen LogP contribution in [0.3, 0.4) is 0 Å². The molecule has 1 unspecified atom stereocenters. The van der Waals surface area contributed by atoms with Gasteiger partial charge in [0.05, 0.1) is 6.04 Å². The Morgan fingerprint density at radius 3 is 2.42 bits per heavy atom. The minimum Gasteiger partial charge on any atom is -0.508 e. The van der Waals surface area contributed by atoms with Crippen LogP contribution in [0.4, 0.5) is 13.2 Å². The fourth-order valence-electron chi connectivity index (χ4n) is 1.32. The fraction of sp³-hybridized carbons (Fsp3) is 0.417. The number of carbonyl (C=O) groups excluding carboxylic acids is 1. The minimum absolute atomic E-state index is 0.125. The first-order valence-electron chi connectivity index (χ1n) is 5.63. The van der Waals surface area contributed by atoms with E-state index in [0.29, 0.717) is 6.54 Å². The van der Waals surface area contributed by atoms with Crippen LogP contribution in [0.15, 0.2) is 24.3 Å². The molecule has 0 aliphatic carbocycles. The number of hydrogen-bond donors (Lipinski definition) is 3. The Bertz CT molecular complexity index is 418. The van der Waals surface area contributed by atoms with Crippen molar-refractivity contribution in [1.29, 1.82) is 0 Å². The van der Waals surface area contributed by atoms with E-state index in [-0.39, 0.29) is 5.75 Å². The van der Waals surface area contributed by atoms with Gasteiger partial charge in [0.1, 0.15) is 12.3 Å². The first kappa shape index (κ1) is 15.3. The average molecular weight is 276 g/mol. The topological polar surface area (TPSA) is 61.4 Å². The highest BCUT2D eigenvalue weighted by atomic mass is 19.4. The summed E-state index contributed by atoms with van der Waals surface area (Å²) in [5.74, 6) is -0.587. The number of nitrogens with one attached hydrogen (secondary N) is 2. The van der Waals surface area contributed by atoms with Crippen molar-refractivity contribution in [2.75, 3.05) is 6.54 Å². The van der Waals surface area contributed by atoms with Gasteiger partial charge in [0.15, 0.2) is 0 Å². The zero-order valence-corrected chi connectivity index (χ0v) is 10.3. The number of carbonyl (C=O) groups is 1. The third-order valence-electron chi connectivity index (χ3n) is 2.41. The number of benzene rings is 1. The number of alkyl halides is 3. The van der Waals surface area contributed by atoms with E-state index in [1.165, 1.54) is 19.1 Å². The minimum atomic E-state index is -4.41. The average Bonchev–Trinajstić information content (AvgIpc) is 2.34. The lowest BCUT2D eigenvalue weighted by molar-refractivity contribution is -0.139. The molecule has 106 valence electrons. The number of rotatable bonds is 5. The predicted molar refractivity (Wildman–Crippen MR) is 63.5 cm³/mol. The van der Waals surface area contributed by atoms with Crippen LogP contribution < -0.4 is 10.6 Å². The summed E-state index contributed by atoms with van der Waals surface area (Å²) in [6.45, 7) is 0.462. The molecular weight excluding hydrogens is 261 g/mol. The largest absolute Gasteiger partial charge is 0.508 e. The van der Waals surface area contributed by atoms with Crippen molar-refractivity contribution >= 4 is 5.91 Å². The van der Waals surface area contributed by atoms with E-state index in [4.69, 9.17) is 5.11 Å². The SMILES string of the molecule is CC(NCc1ccc(O)cc1)C(=O)NCC(F)(F)F. The normalized spacial score (nSPS) is 13.1. The quantitative estimate of drug-likeness (QED) is 0.764. The van der Waals surface area contributed by atoms with Crippen LogP contribution in [0, 0.1) is 0 Å². The fourth-order valence-corrected chi connectivity index (χ4v) is 1.32. The van der Waals surface area contributed by atoms with Crippen molar-refractivity contribution in [3.63, 3.8) is 0 Å². The Morgan fingerprint density at radius 1 is 1.32 bits per heavy atom. The van der Waals surface area contributed by atoms with Gasteiger partial charge in [0.25, 0.3) is 0 Å². The molecule has 1 aromatic carbocycles. The molecule has 3 N–H and O–H groups in total. The van der Waals surface area contributed by atoms with Crippen molar-refractivity contribution in [1.82, 2.24) is 10.6 Å². The van der Waals surface area contributed by atoms with Gasteiger partial charge in [-0.25, -0.2) is 0 Å². The van der Waals surface area contributed by atoms with Gasteiger partial charge in [-0.1, -0.05) is 12.1 Å². The molecule has 0 heterocycles. The summed E-state index contributed by atoms with van der Waals surface area (Å²) in [5.41, 5.74) is 0.813. The van der Waals surface area contributed by atoms with Crippen molar-refractivity contribution in [2.24, 2.45) is 0 Å². The number of phenols is 1. The van der Waals surface area contributed by atoms with Gasteiger partial charge in [-0.15, -0.1) is 0 Å². The highest BCUT2D eigenvalue weighted by Crippen LogP contribution is 2.12. The molecule has 0 aromatic heterocycles. The summed E-state index contributed by atoms with van der Waals surface area (Å²) in [4.78, 5) is 11.4. The maximum absolute atomic E-state index is 11.9. The predicted octanol–water partition coefficient (Wildman–Crippen LogP) is 1.55. The van der Waals surface area contributed by atoms with E-state index < -0.39 is 24.7 Å². The lowest BCUT2D eigenvalue weighted by Gasteiger charge is -2.15. The third-order valence-corrected chi connectivity index (χ3v) is 2.41. The standard InChI is InChI=1S/C12H15F3N2O2/c1-8(11(19)17-7-12(13,14)15)16-6-9-2-4-10(18)5-3-9/h2-5,8,16,18H,6-7H2,1H3,(H,17,19). The van der Waals surface area contributed by atoms with Crippen molar-refractivity contribution < 1.29 is 23.1 Å². The van der Waals surface area contributed by atoms with Crippen LogP contribution in [0.2, 0.25) is 0 Å². The molecule has 0 spiro atoms. The summed E-state index contributed by atoms with van der Waals surface area (Å²) in [5, 5.41) is 13.7. The molecule has 0 saturated heterocycles. The second-order valence-electron chi connectivity index (χ2n) is 4.10. The molecule has 1 rings (SSSR count). The van der Waals surface area contributed by atoms with E-state index in [9.17, 15) is 18.0 Å². The van der Waals surface area contributed by atoms with Crippen molar-refractivity contribution in [2.45, 2.75) is 25.7 Å². The summed E-state index contributed by atoms with van der Waals surface area (Å²) < 4.78 is 35.7. The van der Waals surface area contributed by atoms with Crippen molar-refractivity contribution in [3.8, 4) is 5.75 Å². The first-order valence-corrected chi connectivity index (χ1v) is 5.63. The van der Waals surface area contributed by atoms with Gasteiger partial charge >= 0.3 is 6.18 Å². The number of halogens is 3. The number of aromatic hydroxyl groups is 1. The number of amides is 1. The van der Waals surface area contributed by atoms with Crippen LogP contribution in [-0.4, -0.2) is 29.8 Å². The van der Waals surface area contributed by atoms with Crippen molar-refractivity contribution in [3.05, 3.63) is 29.8 Å². The van der Waals surface area contributed by atoms with Crippen LogP contribution in [0.1, 0.15) is 12.5 Å². The van der Waals surface area contributed by atoms with Gasteiger partial charge in [-0.05, 0) is 24.6 Å². The Labute approximate surface area is 108 Å². The van der Waals surface area contributed by atoms with Crippen LogP contribution in [0.25, 0.3) is 0 Å². The zero-order valence-electron chi connectivity index (χ0n) is 10.3. The van der Waals surface area contributed by atoms with Gasteiger partial charge in [0, 0.05) is 6.54 Å². The molecule has 0 fully saturated rings. The van der Waals surface area contributed by atoms with E-state index in [1.807, 2.05) is 0 Å². The highest BCUT2D eigenvalue weighted by molar-refractivity contribution is 5.81. The van der Waals surface area contributed by atoms with Crippen LogP contribution >= 0.6 is 0 Å². The Balaban J connectivity index is 2.36. The summed E-state index contributed by atoms with van der Waals surface area (Å²) >= 11 is 0.